The van der Waals surface area contributed by atoms with Gasteiger partial charge in [0.1, 0.15) is 12.1 Å². The van der Waals surface area contributed by atoms with E-state index in [1.165, 1.54) is 5.56 Å². The topological polar surface area (TPSA) is 35.2 Å². The van der Waals surface area contributed by atoms with Gasteiger partial charge in [0, 0.05) is 18.7 Å². The van der Waals surface area contributed by atoms with Crippen molar-refractivity contribution < 1.29 is 4.74 Å². The van der Waals surface area contributed by atoms with Crippen molar-refractivity contribution >= 4 is 12.2 Å². The fourth-order valence-electron chi connectivity index (χ4n) is 2.76. The molecule has 0 saturated heterocycles. The van der Waals surface area contributed by atoms with E-state index in [2.05, 4.69) is 48.1 Å². The quantitative estimate of drug-likeness (QED) is 0.583. The summed E-state index contributed by atoms with van der Waals surface area (Å²) in [6.07, 6.45) is 1.76. The minimum atomic E-state index is 0.374. The van der Waals surface area contributed by atoms with E-state index in [1.54, 1.807) is 13.4 Å². The molecule has 0 radical (unpaired) electrons. The Morgan fingerprint density at radius 3 is 2.58 bits per heavy atom. The van der Waals surface area contributed by atoms with Gasteiger partial charge in [0.05, 0.1) is 19.5 Å². The van der Waals surface area contributed by atoms with E-state index < -0.39 is 0 Å². The Bertz CT molecular complexity index is 901. The van der Waals surface area contributed by atoms with Crippen LogP contribution in [-0.4, -0.2) is 32.4 Å². The number of nitrogens with zero attached hydrogens (tertiary/aromatic N) is 4. The van der Waals surface area contributed by atoms with Crippen LogP contribution in [0.5, 0.6) is 5.75 Å². The van der Waals surface area contributed by atoms with Crippen LogP contribution in [-0.2, 0) is 13.2 Å². The average Bonchev–Trinajstić information content (AvgIpc) is 3.02. The molecule has 0 atom stereocenters. The van der Waals surface area contributed by atoms with Crippen molar-refractivity contribution in [2.75, 3.05) is 7.11 Å². The Kier molecular flexibility index (Phi) is 5.85. The Morgan fingerprint density at radius 1 is 1.12 bits per heavy atom. The minimum absolute atomic E-state index is 0.374. The molecule has 0 unspecified atom stereocenters. The lowest BCUT2D eigenvalue weighted by molar-refractivity contribution is 0.153. The van der Waals surface area contributed by atoms with Gasteiger partial charge in [-0.2, -0.15) is 5.10 Å². The van der Waals surface area contributed by atoms with Crippen LogP contribution >= 0.6 is 12.2 Å². The summed E-state index contributed by atoms with van der Waals surface area (Å²) >= 11 is 5.65. The second kappa shape index (κ2) is 8.29. The van der Waals surface area contributed by atoms with E-state index in [4.69, 9.17) is 17.0 Å². The van der Waals surface area contributed by atoms with Crippen molar-refractivity contribution in [1.82, 2.24) is 19.2 Å². The molecule has 0 N–H and O–H groups in total. The fourth-order valence-corrected chi connectivity index (χ4v) is 3.01. The molecule has 0 bridgehead atoms. The van der Waals surface area contributed by atoms with Crippen LogP contribution in [0, 0.1) is 4.77 Å². The molecule has 6 heteroatoms. The van der Waals surface area contributed by atoms with Gasteiger partial charge in [0.25, 0.3) is 0 Å². The maximum Gasteiger partial charge on any atom is 0.203 e. The number of ether oxygens (including phenoxy) is 1. The van der Waals surface area contributed by atoms with Crippen LogP contribution in [0.3, 0.4) is 0 Å². The zero-order valence-corrected chi connectivity index (χ0v) is 16.2. The third kappa shape index (κ3) is 4.20. The van der Waals surface area contributed by atoms with E-state index in [-0.39, 0.29) is 0 Å². The highest BCUT2D eigenvalue weighted by molar-refractivity contribution is 7.71. The van der Waals surface area contributed by atoms with Gasteiger partial charge < -0.3 is 4.74 Å². The molecule has 1 aromatic heterocycles. The normalized spacial score (nSPS) is 11.3. The Labute approximate surface area is 159 Å². The lowest BCUT2D eigenvalue weighted by atomic mass is 10.2. The first-order chi connectivity index (χ1) is 12.6. The Morgan fingerprint density at radius 2 is 1.88 bits per heavy atom. The number of rotatable bonds is 7. The van der Waals surface area contributed by atoms with Gasteiger partial charge in [-0.1, -0.05) is 36.4 Å². The monoisotopic (exact) mass is 368 g/mol. The molecule has 26 heavy (non-hydrogen) atoms. The van der Waals surface area contributed by atoms with Crippen LogP contribution < -0.4 is 4.74 Å². The molecule has 0 aliphatic rings. The molecular weight excluding hydrogens is 344 g/mol. The van der Waals surface area contributed by atoms with Gasteiger partial charge in [0.2, 0.25) is 4.77 Å². The lowest BCUT2D eigenvalue weighted by Crippen LogP contribution is -2.33. The highest BCUT2D eigenvalue weighted by atomic mass is 32.1. The first-order valence-corrected chi connectivity index (χ1v) is 9.06. The van der Waals surface area contributed by atoms with Crippen molar-refractivity contribution in [2.24, 2.45) is 0 Å². The number of methoxy groups -OCH3 is 1. The molecule has 0 saturated carbocycles. The molecule has 3 rings (SSSR count). The predicted octanol–water partition coefficient (Wildman–Crippen LogP) is 4.28. The summed E-state index contributed by atoms with van der Waals surface area (Å²) in [5.41, 5.74) is 2.22. The highest BCUT2D eigenvalue weighted by Gasteiger charge is 2.13. The van der Waals surface area contributed by atoms with Gasteiger partial charge in [-0.15, -0.1) is 0 Å². The number of hydrogen-bond donors (Lipinski definition) is 0. The smallest absolute Gasteiger partial charge is 0.203 e. The van der Waals surface area contributed by atoms with Crippen LogP contribution in [0.15, 0.2) is 60.9 Å². The summed E-state index contributed by atoms with van der Waals surface area (Å²) in [6.45, 7) is 5.87. The summed E-state index contributed by atoms with van der Waals surface area (Å²) in [4.78, 5) is 2.34. The number of benzene rings is 2. The zero-order chi connectivity index (χ0) is 18.5. The molecule has 5 nitrogen and oxygen atoms in total. The average molecular weight is 369 g/mol. The summed E-state index contributed by atoms with van der Waals surface area (Å²) in [5.74, 6) is 0.796. The van der Waals surface area contributed by atoms with Crippen LogP contribution in [0.1, 0.15) is 19.4 Å². The first-order valence-electron chi connectivity index (χ1n) is 8.65. The van der Waals surface area contributed by atoms with E-state index in [0.29, 0.717) is 17.5 Å². The van der Waals surface area contributed by atoms with Gasteiger partial charge in [0.15, 0.2) is 0 Å². The Balaban J connectivity index is 1.83. The third-order valence-electron chi connectivity index (χ3n) is 4.34. The van der Waals surface area contributed by atoms with Gasteiger partial charge in [-0.3, -0.25) is 9.47 Å². The molecular formula is C20H24N4OS. The van der Waals surface area contributed by atoms with Crippen LogP contribution in [0.25, 0.3) is 5.69 Å². The van der Waals surface area contributed by atoms with Crippen LogP contribution in [0.2, 0.25) is 0 Å². The second-order valence-corrected chi connectivity index (χ2v) is 6.82. The standard InChI is InChI=1S/C20H24N4OS/c1-16(2)22(13-17-8-5-4-6-9-17)15-24-20(26)23(14-21-24)18-10-7-11-19(12-18)25-3/h4-12,14,16H,13,15H2,1-3H3. The zero-order valence-electron chi connectivity index (χ0n) is 15.4. The summed E-state index contributed by atoms with van der Waals surface area (Å²) < 4.78 is 9.73. The number of aromatic nitrogens is 3. The molecule has 0 aliphatic carbocycles. The summed E-state index contributed by atoms with van der Waals surface area (Å²) in [5, 5.41) is 4.50. The SMILES string of the molecule is COc1cccc(-n2cnn(CN(Cc3ccccc3)C(C)C)c2=S)c1. The second-order valence-electron chi connectivity index (χ2n) is 6.45. The van der Waals surface area contributed by atoms with Crippen LogP contribution in [0.4, 0.5) is 0 Å². The molecule has 3 aromatic rings. The van der Waals surface area contributed by atoms with Crippen molar-refractivity contribution in [3.8, 4) is 11.4 Å². The molecule has 0 spiro atoms. The van der Waals surface area contributed by atoms with Gasteiger partial charge in [-0.05, 0) is 43.8 Å². The van der Waals surface area contributed by atoms with E-state index in [1.807, 2.05) is 39.6 Å². The van der Waals surface area contributed by atoms with Crippen molar-refractivity contribution in [2.45, 2.75) is 33.1 Å². The molecule has 1 heterocycles. The maximum absolute atomic E-state index is 5.65. The fraction of sp³-hybridized carbons (Fsp3) is 0.300. The molecule has 0 aliphatic heterocycles. The molecule has 2 aromatic carbocycles. The molecule has 136 valence electrons. The Hall–Kier alpha value is -2.44. The lowest BCUT2D eigenvalue weighted by Gasteiger charge is -2.26. The van der Waals surface area contributed by atoms with E-state index >= 15 is 0 Å². The van der Waals surface area contributed by atoms with E-state index in [0.717, 1.165) is 18.0 Å². The maximum atomic E-state index is 5.65. The molecule has 0 fully saturated rings. The first kappa shape index (κ1) is 18.4. The third-order valence-corrected chi connectivity index (χ3v) is 4.75. The van der Waals surface area contributed by atoms with Gasteiger partial charge >= 0.3 is 0 Å². The number of hydrogen-bond acceptors (Lipinski definition) is 4. The van der Waals surface area contributed by atoms with E-state index in [9.17, 15) is 0 Å². The minimum Gasteiger partial charge on any atom is -0.497 e. The van der Waals surface area contributed by atoms with Crippen molar-refractivity contribution in [3.05, 3.63) is 71.3 Å². The molecule has 0 amide bonds. The summed E-state index contributed by atoms with van der Waals surface area (Å²) in [7, 11) is 1.66. The van der Waals surface area contributed by atoms with Crippen molar-refractivity contribution in [3.63, 3.8) is 0 Å². The largest absolute Gasteiger partial charge is 0.497 e. The predicted molar refractivity (Wildman–Crippen MR) is 106 cm³/mol. The highest BCUT2D eigenvalue weighted by Crippen LogP contribution is 2.17. The van der Waals surface area contributed by atoms with Gasteiger partial charge in [-0.25, -0.2) is 4.68 Å². The van der Waals surface area contributed by atoms with Crippen molar-refractivity contribution in [1.29, 1.82) is 0 Å². The summed E-state index contributed by atoms with van der Waals surface area (Å²) in [6, 6.07) is 18.6.